The maximum atomic E-state index is 13.8. The Kier molecular flexibility index (Phi) is 4.25. The Morgan fingerprint density at radius 3 is 2.39 bits per heavy atom. The van der Waals surface area contributed by atoms with E-state index >= 15 is 0 Å². The number of hydrogen-bond acceptors (Lipinski definition) is 1. The molecule has 2 aromatic rings. The lowest BCUT2D eigenvalue weighted by Crippen LogP contribution is -1.97. The van der Waals surface area contributed by atoms with E-state index in [-0.39, 0.29) is 5.82 Å². The van der Waals surface area contributed by atoms with Crippen LogP contribution >= 0.6 is 27.5 Å². The normalized spacial score (nSPS) is 12.2. The Balaban J connectivity index is 2.31. The van der Waals surface area contributed by atoms with Crippen LogP contribution in [0.15, 0.2) is 46.9 Å². The number of methoxy groups -OCH3 is 1. The lowest BCUT2D eigenvalue weighted by atomic mass is 10.0. The molecule has 0 spiro atoms. The van der Waals surface area contributed by atoms with Crippen LogP contribution in [0.25, 0.3) is 0 Å². The fraction of sp³-hybridized carbons (Fsp3) is 0.143. The summed E-state index contributed by atoms with van der Waals surface area (Å²) in [5.41, 5.74) is 1.30. The molecule has 0 N–H and O–H groups in total. The Morgan fingerprint density at radius 2 is 1.83 bits per heavy atom. The average Bonchev–Trinajstić information content (AvgIpc) is 2.38. The van der Waals surface area contributed by atoms with Gasteiger partial charge in [0.1, 0.15) is 11.6 Å². The molecule has 0 saturated heterocycles. The average molecular weight is 330 g/mol. The van der Waals surface area contributed by atoms with E-state index in [1.165, 1.54) is 6.07 Å². The summed E-state index contributed by atoms with van der Waals surface area (Å²) in [4.78, 5) is 0. The fourth-order valence-corrected chi connectivity index (χ4v) is 2.32. The SMILES string of the molecule is COc1ccc(C(Cl)c2ccc(Br)cc2F)cc1. The van der Waals surface area contributed by atoms with Crippen LogP contribution < -0.4 is 4.74 Å². The fourth-order valence-electron chi connectivity index (χ4n) is 1.66. The molecule has 4 heteroatoms. The van der Waals surface area contributed by atoms with Crippen molar-refractivity contribution in [1.29, 1.82) is 0 Å². The summed E-state index contributed by atoms with van der Waals surface area (Å²) in [5, 5.41) is -0.510. The van der Waals surface area contributed by atoms with Gasteiger partial charge in [-0.2, -0.15) is 0 Å². The van der Waals surface area contributed by atoms with Crippen molar-refractivity contribution < 1.29 is 9.13 Å². The summed E-state index contributed by atoms with van der Waals surface area (Å²) in [6, 6.07) is 12.1. The first-order valence-corrected chi connectivity index (χ1v) is 6.57. The van der Waals surface area contributed by atoms with Gasteiger partial charge in [-0.3, -0.25) is 0 Å². The Bertz CT molecular complexity index is 542. The van der Waals surface area contributed by atoms with Gasteiger partial charge in [0.15, 0.2) is 0 Å². The molecule has 0 aliphatic rings. The van der Waals surface area contributed by atoms with Crippen LogP contribution in [0, 0.1) is 5.82 Å². The standard InChI is InChI=1S/C14H11BrClFO/c1-18-11-5-2-9(3-6-11)14(16)12-7-4-10(15)8-13(12)17/h2-8,14H,1H3. The quantitative estimate of drug-likeness (QED) is 0.726. The van der Waals surface area contributed by atoms with Gasteiger partial charge in [0.25, 0.3) is 0 Å². The van der Waals surface area contributed by atoms with E-state index < -0.39 is 5.38 Å². The number of alkyl halides is 1. The van der Waals surface area contributed by atoms with Crippen LogP contribution in [0.2, 0.25) is 0 Å². The molecule has 0 amide bonds. The molecule has 2 aromatic carbocycles. The number of halogens is 3. The third-order valence-electron chi connectivity index (χ3n) is 2.64. The van der Waals surface area contributed by atoms with Crippen LogP contribution in [-0.4, -0.2) is 7.11 Å². The topological polar surface area (TPSA) is 9.23 Å². The number of rotatable bonds is 3. The second-order valence-corrected chi connectivity index (χ2v) is 5.15. The number of ether oxygens (including phenoxy) is 1. The molecule has 0 aliphatic heterocycles. The van der Waals surface area contributed by atoms with Gasteiger partial charge in [0.2, 0.25) is 0 Å². The van der Waals surface area contributed by atoms with Gasteiger partial charge in [0, 0.05) is 10.0 Å². The highest BCUT2D eigenvalue weighted by Crippen LogP contribution is 2.32. The maximum absolute atomic E-state index is 13.8. The summed E-state index contributed by atoms with van der Waals surface area (Å²) < 4.78 is 19.6. The minimum absolute atomic E-state index is 0.319. The highest BCUT2D eigenvalue weighted by Gasteiger charge is 2.15. The minimum atomic E-state index is -0.510. The van der Waals surface area contributed by atoms with Crippen molar-refractivity contribution in [3.8, 4) is 5.75 Å². The van der Waals surface area contributed by atoms with E-state index in [9.17, 15) is 4.39 Å². The minimum Gasteiger partial charge on any atom is -0.497 e. The van der Waals surface area contributed by atoms with Crippen molar-refractivity contribution in [2.45, 2.75) is 5.38 Å². The molecule has 0 bridgehead atoms. The Morgan fingerprint density at radius 1 is 1.17 bits per heavy atom. The van der Waals surface area contributed by atoms with Crippen LogP contribution in [-0.2, 0) is 0 Å². The smallest absolute Gasteiger partial charge is 0.129 e. The van der Waals surface area contributed by atoms with E-state index in [0.717, 1.165) is 11.3 Å². The molecular formula is C14H11BrClFO. The molecule has 1 unspecified atom stereocenters. The van der Waals surface area contributed by atoms with Crippen molar-refractivity contribution >= 4 is 27.5 Å². The van der Waals surface area contributed by atoms with E-state index in [1.807, 2.05) is 24.3 Å². The van der Waals surface area contributed by atoms with Crippen molar-refractivity contribution in [1.82, 2.24) is 0 Å². The third-order valence-corrected chi connectivity index (χ3v) is 3.62. The highest BCUT2D eigenvalue weighted by atomic mass is 79.9. The first kappa shape index (κ1) is 13.4. The van der Waals surface area contributed by atoms with Gasteiger partial charge < -0.3 is 4.74 Å². The third kappa shape index (κ3) is 2.85. The van der Waals surface area contributed by atoms with Crippen LogP contribution in [0.4, 0.5) is 4.39 Å². The summed E-state index contributed by atoms with van der Waals surface area (Å²) in [7, 11) is 1.60. The molecule has 1 atom stereocenters. The molecule has 0 fully saturated rings. The van der Waals surface area contributed by atoms with E-state index in [1.54, 1.807) is 19.2 Å². The van der Waals surface area contributed by atoms with Crippen molar-refractivity contribution in [3.63, 3.8) is 0 Å². The molecular weight excluding hydrogens is 319 g/mol. The van der Waals surface area contributed by atoms with E-state index in [0.29, 0.717) is 10.0 Å². The molecule has 0 aromatic heterocycles. The number of hydrogen-bond donors (Lipinski definition) is 0. The van der Waals surface area contributed by atoms with Gasteiger partial charge in [0.05, 0.1) is 12.5 Å². The monoisotopic (exact) mass is 328 g/mol. The second kappa shape index (κ2) is 5.72. The number of benzene rings is 2. The van der Waals surface area contributed by atoms with Crippen LogP contribution in [0.3, 0.4) is 0 Å². The summed E-state index contributed by atoms with van der Waals surface area (Å²) in [5.74, 6) is 0.430. The first-order valence-electron chi connectivity index (χ1n) is 5.35. The zero-order valence-electron chi connectivity index (χ0n) is 9.66. The predicted octanol–water partition coefficient (Wildman–Crippen LogP) is 4.93. The van der Waals surface area contributed by atoms with E-state index in [2.05, 4.69) is 15.9 Å². The largest absolute Gasteiger partial charge is 0.497 e. The zero-order valence-corrected chi connectivity index (χ0v) is 12.0. The van der Waals surface area contributed by atoms with Gasteiger partial charge in [-0.15, -0.1) is 11.6 Å². The summed E-state index contributed by atoms with van der Waals surface area (Å²) >= 11 is 9.51. The molecule has 94 valence electrons. The van der Waals surface area contributed by atoms with Crippen molar-refractivity contribution in [2.24, 2.45) is 0 Å². The highest BCUT2D eigenvalue weighted by molar-refractivity contribution is 9.10. The van der Waals surface area contributed by atoms with Crippen LogP contribution in [0.1, 0.15) is 16.5 Å². The zero-order chi connectivity index (χ0) is 13.1. The van der Waals surface area contributed by atoms with Gasteiger partial charge in [-0.1, -0.05) is 34.1 Å². The Hall–Kier alpha value is -1.06. The van der Waals surface area contributed by atoms with Gasteiger partial charge in [-0.05, 0) is 29.8 Å². The molecule has 2 rings (SSSR count). The van der Waals surface area contributed by atoms with Gasteiger partial charge in [-0.25, -0.2) is 4.39 Å². The molecule has 18 heavy (non-hydrogen) atoms. The lowest BCUT2D eigenvalue weighted by molar-refractivity contribution is 0.414. The lowest BCUT2D eigenvalue weighted by Gasteiger charge is -2.12. The maximum Gasteiger partial charge on any atom is 0.129 e. The molecule has 0 radical (unpaired) electrons. The summed E-state index contributed by atoms with van der Waals surface area (Å²) in [6.07, 6.45) is 0. The second-order valence-electron chi connectivity index (χ2n) is 3.80. The molecule has 0 aliphatic carbocycles. The van der Waals surface area contributed by atoms with Crippen LogP contribution in [0.5, 0.6) is 5.75 Å². The Labute approximate surface area is 119 Å². The van der Waals surface area contributed by atoms with Gasteiger partial charge >= 0.3 is 0 Å². The van der Waals surface area contributed by atoms with E-state index in [4.69, 9.17) is 16.3 Å². The molecule has 0 heterocycles. The molecule has 1 nitrogen and oxygen atoms in total. The predicted molar refractivity (Wildman–Crippen MR) is 74.8 cm³/mol. The van der Waals surface area contributed by atoms with Crippen molar-refractivity contribution in [3.05, 3.63) is 63.9 Å². The van der Waals surface area contributed by atoms with Crippen molar-refractivity contribution in [2.75, 3.05) is 7.11 Å². The first-order chi connectivity index (χ1) is 8.61. The molecule has 0 saturated carbocycles. The summed E-state index contributed by atoms with van der Waals surface area (Å²) in [6.45, 7) is 0.